The lowest BCUT2D eigenvalue weighted by Gasteiger charge is -2.31. The van der Waals surface area contributed by atoms with Crippen molar-refractivity contribution in [2.75, 3.05) is 31.5 Å². The maximum Gasteiger partial charge on any atom is 0.238 e. The highest BCUT2D eigenvalue weighted by Gasteiger charge is 2.20. The Morgan fingerprint density at radius 2 is 2.25 bits per heavy atom. The molecule has 0 radical (unpaired) electrons. The summed E-state index contributed by atoms with van der Waals surface area (Å²) in [5.74, 6) is 0.415. The number of carbonyl (C=O) groups is 1. The molecular formula is C14H19Cl2N3O. The van der Waals surface area contributed by atoms with Crippen LogP contribution in [0.1, 0.15) is 12.8 Å². The average molecular weight is 316 g/mol. The van der Waals surface area contributed by atoms with E-state index in [0.29, 0.717) is 34.7 Å². The van der Waals surface area contributed by atoms with Crippen molar-refractivity contribution in [1.29, 1.82) is 0 Å². The number of benzene rings is 1. The lowest BCUT2D eigenvalue weighted by molar-refractivity contribution is -0.117. The van der Waals surface area contributed by atoms with Crippen LogP contribution in [-0.4, -0.2) is 37.0 Å². The van der Waals surface area contributed by atoms with Gasteiger partial charge in [0.1, 0.15) is 0 Å². The van der Waals surface area contributed by atoms with Gasteiger partial charge >= 0.3 is 0 Å². The van der Waals surface area contributed by atoms with Crippen molar-refractivity contribution in [1.82, 2.24) is 4.90 Å². The number of anilines is 1. The first-order valence-electron chi connectivity index (χ1n) is 6.76. The van der Waals surface area contributed by atoms with Gasteiger partial charge in [-0.25, -0.2) is 0 Å². The Morgan fingerprint density at radius 3 is 3.00 bits per heavy atom. The number of halogens is 2. The van der Waals surface area contributed by atoms with Crippen LogP contribution in [0.4, 0.5) is 5.69 Å². The zero-order chi connectivity index (χ0) is 14.5. The number of likely N-dealkylation sites (tertiary alicyclic amines) is 1. The first-order chi connectivity index (χ1) is 9.60. The van der Waals surface area contributed by atoms with Gasteiger partial charge in [-0.05, 0) is 44.0 Å². The molecule has 4 nitrogen and oxygen atoms in total. The number of nitrogens with one attached hydrogen (secondary N) is 1. The minimum Gasteiger partial charge on any atom is -0.330 e. The molecule has 1 aliphatic heterocycles. The van der Waals surface area contributed by atoms with Crippen molar-refractivity contribution in [3.05, 3.63) is 28.2 Å². The van der Waals surface area contributed by atoms with E-state index >= 15 is 0 Å². The minimum atomic E-state index is -0.0770. The fourth-order valence-corrected chi connectivity index (χ4v) is 2.83. The number of piperidine rings is 1. The largest absolute Gasteiger partial charge is 0.330 e. The summed E-state index contributed by atoms with van der Waals surface area (Å²) in [5.41, 5.74) is 6.25. The van der Waals surface area contributed by atoms with Crippen molar-refractivity contribution >= 4 is 34.8 Å². The number of nitrogens with zero attached hydrogens (tertiary/aromatic N) is 1. The molecule has 0 bridgehead atoms. The third kappa shape index (κ3) is 4.09. The van der Waals surface area contributed by atoms with Crippen LogP contribution in [0.2, 0.25) is 10.0 Å². The van der Waals surface area contributed by atoms with Crippen LogP contribution in [0.3, 0.4) is 0 Å². The molecule has 2 rings (SSSR count). The number of hydrogen-bond acceptors (Lipinski definition) is 3. The molecule has 1 aliphatic rings. The molecule has 1 aromatic rings. The lowest BCUT2D eigenvalue weighted by Crippen LogP contribution is -2.42. The molecular weight excluding hydrogens is 297 g/mol. The number of rotatable bonds is 4. The summed E-state index contributed by atoms with van der Waals surface area (Å²) in [6, 6.07) is 5.19. The summed E-state index contributed by atoms with van der Waals surface area (Å²) in [6.07, 6.45) is 2.24. The van der Waals surface area contributed by atoms with Crippen LogP contribution in [0.25, 0.3) is 0 Å². The Kier molecular flexibility index (Phi) is 5.66. The lowest BCUT2D eigenvalue weighted by atomic mass is 9.98. The minimum absolute atomic E-state index is 0.0770. The maximum atomic E-state index is 12.1. The van der Waals surface area contributed by atoms with Crippen LogP contribution in [0.15, 0.2) is 18.2 Å². The second-order valence-corrected chi connectivity index (χ2v) is 5.91. The van der Waals surface area contributed by atoms with E-state index in [1.54, 1.807) is 18.2 Å². The number of hydrogen-bond donors (Lipinski definition) is 2. The summed E-state index contributed by atoms with van der Waals surface area (Å²) >= 11 is 12.0. The third-order valence-electron chi connectivity index (χ3n) is 3.53. The SMILES string of the molecule is NCC1CCCN(CC(=O)Nc2cccc(Cl)c2Cl)C1. The second-order valence-electron chi connectivity index (χ2n) is 5.13. The second kappa shape index (κ2) is 7.27. The smallest absolute Gasteiger partial charge is 0.238 e. The van der Waals surface area contributed by atoms with Gasteiger partial charge in [-0.15, -0.1) is 0 Å². The first kappa shape index (κ1) is 15.6. The molecule has 0 spiro atoms. The van der Waals surface area contributed by atoms with Gasteiger partial charge in [0.15, 0.2) is 0 Å². The van der Waals surface area contributed by atoms with Crippen LogP contribution in [-0.2, 0) is 4.79 Å². The zero-order valence-corrected chi connectivity index (χ0v) is 12.8. The molecule has 20 heavy (non-hydrogen) atoms. The quantitative estimate of drug-likeness (QED) is 0.898. The molecule has 1 amide bonds. The molecule has 1 aromatic carbocycles. The predicted octanol–water partition coefficient (Wildman–Crippen LogP) is 2.60. The van der Waals surface area contributed by atoms with Crippen molar-refractivity contribution in [2.24, 2.45) is 11.7 Å². The topological polar surface area (TPSA) is 58.4 Å². The fourth-order valence-electron chi connectivity index (χ4n) is 2.48. The van der Waals surface area contributed by atoms with Gasteiger partial charge in [0.25, 0.3) is 0 Å². The van der Waals surface area contributed by atoms with Gasteiger partial charge in [-0.3, -0.25) is 9.69 Å². The van der Waals surface area contributed by atoms with Crippen molar-refractivity contribution in [3.8, 4) is 0 Å². The van der Waals surface area contributed by atoms with Gasteiger partial charge in [0.05, 0.1) is 22.3 Å². The van der Waals surface area contributed by atoms with Crippen LogP contribution in [0, 0.1) is 5.92 Å². The molecule has 1 saturated heterocycles. The number of carbonyl (C=O) groups excluding carboxylic acids is 1. The van der Waals surface area contributed by atoms with E-state index in [1.807, 2.05) is 0 Å². The molecule has 0 aromatic heterocycles. The summed E-state index contributed by atoms with van der Waals surface area (Å²) in [4.78, 5) is 14.2. The molecule has 0 saturated carbocycles. The highest BCUT2D eigenvalue weighted by Crippen LogP contribution is 2.29. The molecule has 3 N–H and O–H groups in total. The van der Waals surface area contributed by atoms with E-state index < -0.39 is 0 Å². The highest BCUT2D eigenvalue weighted by atomic mass is 35.5. The van der Waals surface area contributed by atoms with Gasteiger partial charge < -0.3 is 11.1 Å². The van der Waals surface area contributed by atoms with Crippen molar-refractivity contribution in [2.45, 2.75) is 12.8 Å². The molecule has 1 atom stereocenters. The van der Waals surface area contributed by atoms with Gasteiger partial charge in [0, 0.05) is 6.54 Å². The van der Waals surface area contributed by atoms with Crippen molar-refractivity contribution < 1.29 is 4.79 Å². The van der Waals surface area contributed by atoms with Gasteiger partial charge in [0.2, 0.25) is 5.91 Å². The zero-order valence-electron chi connectivity index (χ0n) is 11.2. The Bertz CT molecular complexity index is 481. The van der Waals surface area contributed by atoms with E-state index in [9.17, 15) is 4.79 Å². The Morgan fingerprint density at radius 1 is 1.45 bits per heavy atom. The van der Waals surface area contributed by atoms with E-state index in [4.69, 9.17) is 28.9 Å². The summed E-state index contributed by atoms with van der Waals surface area (Å²) in [7, 11) is 0. The maximum absolute atomic E-state index is 12.1. The first-order valence-corrected chi connectivity index (χ1v) is 7.52. The molecule has 1 heterocycles. The molecule has 1 unspecified atom stereocenters. The Hall–Kier alpha value is -0.810. The summed E-state index contributed by atoms with van der Waals surface area (Å²) in [5, 5.41) is 3.61. The fraction of sp³-hybridized carbons (Fsp3) is 0.500. The van der Waals surface area contributed by atoms with Gasteiger partial charge in [-0.2, -0.15) is 0 Å². The van der Waals surface area contributed by atoms with E-state index in [0.717, 1.165) is 25.9 Å². The third-order valence-corrected chi connectivity index (χ3v) is 4.35. The number of amides is 1. The summed E-state index contributed by atoms with van der Waals surface area (Å²) < 4.78 is 0. The monoisotopic (exact) mass is 315 g/mol. The molecule has 0 aliphatic carbocycles. The Balaban J connectivity index is 1.90. The molecule has 110 valence electrons. The van der Waals surface area contributed by atoms with E-state index in [-0.39, 0.29) is 5.91 Å². The van der Waals surface area contributed by atoms with Crippen LogP contribution < -0.4 is 11.1 Å². The standard InChI is InChI=1S/C14H19Cl2N3O/c15-11-4-1-5-12(14(11)16)18-13(20)9-19-6-2-3-10(7-17)8-19/h1,4-5,10H,2-3,6-9,17H2,(H,18,20). The molecule has 1 fully saturated rings. The average Bonchev–Trinajstić information content (AvgIpc) is 2.44. The van der Waals surface area contributed by atoms with Crippen LogP contribution >= 0.6 is 23.2 Å². The van der Waals surface area contributed by atoms with E-state index in [1.165, 1.54) is 0 Å². The Labute approximate surface area is 129 Å². The predicted molar refractivity (Wildman–Crippen MR) is 83.3 cm³/mol. The highest BCUT2D eigenvalue weighted by molar-refractivity contribution is 6.43. The number of nitrogens with two attached hydrogens (primary N) is 1. The summed E-state index contributed by atoms with van der Waals surface area (Å²) in [6.45, 7) is 2.86. The molecule has 6 heteroatoms. The van der Waals surface area contributed by atoms with E-state index in [2.05, 4.69) is 10.2 Å². The van der Waals surface area contributed by atoms with Gasteiger partial charge in [-0.1, -0.05) is 29.3 Å². The van der Waals surface area contributed by atoms with Crippen LogP contribution in [0.5, 0.6) is 0 Å². The van der Waals surface area contributed by atoms with Crippen molar-refractivity contribution in [3.63, 3.8) is 0 Å². The normalized spacial score (nSPS) is 19.9.